The van der Waals surface area contributed by atoms with E-state index in [4.69, 9.17) is 0 Å². The lowest BCUT2D eigenvalue weighted by molar-refractivity contribution is -0.136. The van der Waals surface area contributed by atoms with Crippen molar-refractivity contribution in [2.75, 3.05) is 13.7 Å². The summed E-state index contributed by atoms with van der Waals surface area (Å²) in [4.78, 5) is 11.2. The first kappa shape index (κ1) is 14.2. The Balaban J connectivity index is 2.33. The topological polar surface area (TPSA) is 38.3 Å². The molecule has 0 bridgehead atoms. The smallest absolute Gasteiger partial charge is 0.333 e. The van der Waals surface area contributed by atoms with Crippen LogP contribution in [-0.4, -0.2) is 25.7 Å². The Morgan fingerprint density at radius 2 is 1.88 bits per heavy atom. The zero-order valence-electron chi connectivity index (χ0n) is 11.5. The summed E-state index contributed by atoms with van der Waals surface area (Å²) in [6, 6.07) is 0.593. The van der Waals surface area contributed by atoms with Gasteiger partial charge in [-0.1, -0.05) is 19.9 Å². The third-order valence-corrected chi connectivity index (χ3v) is 3.50. The summed E-state index contributed by atoms with van der Waals surface area (Å²) in [6.45, 7) is 7.18. The highest BCUT2D eigenvalue weighted by atomic mass is 16.5. The standard InChI is InChI=1S/C14H25NO2/c1-10-7-11(2)9-13(8-10)15-6-5-12(3)14(16)17-4/h5,10-11,13,15H,6-9H2,1-4H3. The number of carbonyl (C=O) groups excluding carboxylic acids is 1. The van der Waals surface area contributed by atoms with Crippen LogP contribution in [0.25, 0.3) is 0 Å². The van der Waals surface area contributed by atoms with Crippen LogP contribution in [0.2, 0.25) is 0 Å². The molecule has 0 aromatic carbocycles. The summed E-state index contributed by atoms with van der Waals surface area (Å²) in [7, 11) is 1.41. The average molecular weight is 239 g/mol. The maximum absolute atomic E-state index is 11.2. The Hall–Kier alpha value is -0.830. The molecule has 98 valence electrons. The highest BCUT2D eigenvalue weighted by molar-refractivity contribution is 5.87. The Labute approximate surface area is 105 Å². The van der Waals surface area contributed by atoms with E-state index in [-0.39, 0.29) is 5.97 Å². The van der Waals surface area contributed by atoms with E-state index in [1.165, 1.54) is 26.4 Å². The summed E-state index contributed by atoms with van der Waals surface area (Å²) in [6.07, 6.45) is 5.75. The van der Waals surface area contributed by atoms with Crippen LogP contribution in [0.5, 0.6) is 0 Å². The predicted molar refractivity (Wildman–Crippen MR) is 69.7 cm³/mol. The molecular weight excluding hydrogens is 214 g/mol. The van der Waals surface area contributed by atoms with E-state index in [0.29, 0.717) is 11.6 Å². The third kappa shape index (κ3) is 4.90. The van der Waals surface area contributed by atoms with Gasteiger partial charge in [-0.25, -0.2) is 4.79 Å². The Kier molecular flexibility index (Phi) is 5.69. The van der Waals surface area contributed by atoms with Crippen molar-refractivity contribution >= 4 is 5.97 Å². The van der Waals surface area contributed by atoms with Gasteiger partial charge in [-0.05, 0) is 38.0 Å². The van der Waals surface area contributed by atoms with E-state index in [0.717, 1.165) is 18.4 Å². The molecule has 17 heavy (non-hydrogen) atoms. The zero-order valence-corrected chi connectivity index (χ0v) is 11.5. The normalized spacial score (nSPS) is 30.1. The molecule has 0 aromatic rings. The molecule has 2 unspecified atom stereocenters. The van der Waals surface area contributed by atoms with Gasteiger partial charge in [-0.2, -0.15) is 0 Å². The molecule has 3 nitrogen and oxygen atoms in total. The molecule has 0 amide bonds. The predicted octanol–water partition coefficient (Wildman–Crippen LogP) is 2.52. The van der Waals surface area contributed by atoms with Crippen LogP contribution in [0.1, 0.15) is 40.0 Å². The zero-order chi connectivity index (χ0) is 12.8. The average Bonchev–Trinajstić information content (AvgIpc) is 2.26. The van der Waals surface area contributed by atoms with Gasteiger partial charge in [0.2, 0.25) is 0 Å². The minimum absolute atomic E-state index is 0.239. The Morgan fingerprint density at radius 3 is 2.41 bits per heavy atom. The van der Waals surface area contributed by atoms with Gasteiger partial charge in [0.05, 0.1) is 7.11 Å². The van der Waals surface area contributed by atoms with Crippen LogP contribution in [0.15, 0.2) is 11.6 Å². The number of hydrogen-bond acceptors (Lipinski definition) is 3. The first-order valence-electron chi connectivity index (χ1n) is 6.51. The lowest BCUT2D eigenvalue weighted by Gasteiger charge is -2.31. The SMILES string of the molecule is COC(=O)C(C)=CCNC1CC(C)CC(C)C1. The van der Waals surface area contributed by atoms with Gasteiger partial charge in [0.15, 0.2) is 0 Å². The van der Waals surface area contributed by atoms with E-state index >= 15 is 0 Å². The molecule has 0 aliphatic heterocycles. The van der Waals surface area contributed by atoms with Crippen LogP contribution < -0.4 is 5.32 Å². The number of hydrogen-bond donors (Lipinski definition) is 1. The van der Waals surface area contributed by atoms with Gasteiger partial charge >= 0.3 is 5.97 Å². The van der Waals surface area contributed by atoms with Crippen LogP contribution in [0.4, 0.5) is 0 Å². The van der Waals surface area contributed by atoms with E-state index in [2.05, 4.69) is 23.9 Å². The number of nitrogens with one attached hydrogen (secondary N) is 1. The quantitative estimate of drug-likeness (QED) is 0.605. The fourth-order valence-electron chi connectivity index (χ4n) is 2.74. The second-order valence-electron chi connectivity index (χ2n) is 5.40. The summed E-state index contributed by atoms with van der Waals surface area (Å²) in [5.74, 6) is 1.38. The van der Waals surface area contributed by atoms with Crippen molar-refractivity contribution in [2.24, 2.45) is 11.8 Å². The summed E-state index contributed by atoms with van der Waals surface area (Å²) in [5, 5.41) is 3.51. The van der Waals surface area contributed by atoms with Crippen molar-refractivity contribution in [1.82, 2.24) is 5.32 Å². The minimum Gasteiger partial charge on any atom is -0.466 e. The monoisotopic (exact) mass is 239 g/mol. The summed E-state index contributed by atoms with van der Waals surface area (Å²) >= 11 is 0. The molecule has 0 spiro atoms. The maximum Gasteiger partial charge on any atom is 0.333 e. The maximum atomic E-state index is 11.2. The number of rotatable bonds is 4. The van der Waals surface area contributed by atoms with Crippen molar-refractivity contribution in [3.63, 3.8) is 0 Å². The molecule has 1 aliphatic rings. The van der Waals surface area contributed by atoms with Crippen LogP contribution in [0.3, 0.4) is 0 Å². The Morgan fingerprint density at radius 1 is 1.29 bits per heavy atom. The largest absolute Gasteiger partial charge is 0.466 e. The molecule has 1 N–H and O–H groups in total. The lowest BCUT2D eigenvalue weighted by Crippen LogP contribution is -2.36. The van der Waals surface area contributed by atoms with E-state index in [1.54, 1.807) is 6.92 Å². The molecule has 1 saturated carbocycles. The molecular formula is C14H25NO2. The van der Waals surface area contributed by atoms with Crippen molar-refractivity contribution in [3.8, 4) is 0 Å². The molecule has 2 atom stereocenters. The highest BCUT2D eigenvalue weighted by Crippen LogP contribution is 2.28. The van der Waals surface area contributed by atoms with E-state index < -0.39 is 0 Å². The molecule has 0 aromatic heterocycles. The summed E-state index contributed by atoms with van der Waals surface area (Å²) < 4.78 is 4.65. The van der Waals surface area contributed by atoms with Gasteiger partial charge < -0.3 is 10.1 Å². The second kappa shape index (κ2) is 6.80. The first-order valence-corrected chi connectivity index (χ1v) is 6.51. The van der Waals surface area contributed by atoms with Crippen LogP contribution in [0, 0.1) is 11.8 Å². The molecule has 0 radical (unpaired) electrons. The van der Waals surface area contributed by atoms with E-state index in [1.807, 2.05) is 6.08 Å². The fourth-order valence-corrected chi connectivity index (χ4v) is 2.74. The molecule has 1 aliphatic carbocycles. The first-order chi connectivity index (χ1) is 8.02. The van der Waals surface area contributed by atoms with Crippen molar-refractivity contribution in [1.29, 1.82) is 0 Å². The highest BCUT2D eigenvalue weighted by Gasteiger charge is 2.22. The second-order valence-corrected chi connectivity index (χ2v) is 5.40. The lowest BCUT2D eigenvalue weighted by atomic mass is 9.80. The summed E-state index contributed by atoms with van der Waals surface area (Å²) in [5.41, 5.74) is 0.678. The number of carbonyl (C=O) groups is 1. The molecule has 0 saturated heterocycles. The van der Waals surface area contributed by atoms with Gasteiger partial charge in [0.25, 0.3) is 0 Å². The Bertz CT molecular complexity index is 276. The third-order valence-electron chi connectivity index (χ3n) is 3.50. The van der Waals surface area contributed by atoms with Gasteiger partial charge in [0.1, 0.15) is 0 Å². The molecule has 3 heteroatoms. The van der Waals surface area contributed by atoms with Crippen molar-refractivity contribution < 1.29 is 9.53 Å². The molecule has 1 rings (SSSR count). The minimum atomic E-state index is -0.239. The molecule has 1 fully saturated rings. The van der Waals surface area contributed by atoms with Gasteiger partial charge in [0, 0.05) is 18.2 Å². The number of methoxy groups -OCH3 is 1. The van der Waals surface area contributed by atoms with E-state index in [9.17, 15) is 4.79 Å². The number of esters is 1. The van der Waals surface area contributed by atoms with Crippen LogP contribution >= 0.6 is 0 Å². The fraction of sp³-hybridized carbons (Fsp3) is 0.786. The van der Waals surface area contributed by atoms with Gasteiger partial charge in [-0.3, -0.25) is 0 Å². The van der Waals surface area contributed by atoms with Gasteiger partial charge in [-0.15, -0.1) is 0 Å². The van der Waals surface area contributed by atoms with Crippen LogP contribution in [-0.2, 0) is 9.53 Å². The van der Waals surface area contributed by atoms with Crippen molar-refractivity contribution in [3.05, 3.63) is 11.6 Å². The van der Waals surface area contributed by atoms with Crippen molar-refractivity contribution in [2.45, 2.75) is 46.1 Å². The molecule has 0 heterocycles. The number of ether oxygens (including phenoxy) is 1.